The van der Waals surface area contributed by atoms with Gasteiger partial charge in [0.25, 0.3) is 0 Å². The molecule has 2 unspecified atom stereocenters. The van der Waals surface area contributed by atoms with Crippen LogP contribution in [-0.2, 0) is 22.6 Å². The summed E-state index contributed by atoms with van der Waals surface area (Å²) in [4.78, 5) is 26.1. The predicted octanol–water partition coefficient (Wildman–Crippen LogP) is 4.37. The molecule has 4 heteroatoms. The van der Waals surface area contributed by atoms with Crippen LogP contribution in [0.25, 0.3) is 0 Å². The summed E-state index contributed by atoms with van der Waals surface area (Å²) in [5.41, 5.74) is 4.73. The highest BCUT2D eigenvalue weighted by Gasteiger charge is 2.39. The summed E-state index contributed by atoms with van der Waals surface area (Å²) < 4.78 is 0.671. The van der Waals surface area contributed by atoms with Gasteiger partial charge in [-0.2, -0.15) is 0 Å². The molecule has 1 N–H and O–H groups in total. The van der Waals surface area contributed by atoms with E-state index in [0.717, 1.165) is 38.0 Å². The molecule has 3 rings (SSSR count). The molecule has 0 aromatic heterocycles. The minimum absolute atomic E-state index is 0.0344. The molecule has 0 bridgehead atoms. The summed E-state index contributed by atoms with van der Waals surface area (Å²) in [6.07, 6.45) is 2.34. The molecule has 166 valence electrons. The average Bonchev–Trinajstić information content (AvgIpc) is 2.71. The molecule has 1 aliphatic heterocycles. The third-order valence-corrected chi connectivity index (χ3v) is 6.49. The Morgan fingerprint density at radius 2 is 1.71 bits per heavy atom. The van der Waals surface area contributed by atoms with Gasteiger partial charge in [0.1, 0.15) is 13.1 Å². The smallest absolute Gasteiger partial charge is 0.229 e. The quantitative estimate of drug-likeness (QED) is 0.644. The van der Waals surface area contributed by atoms with E-state index in [0.29, 0.717) is 17.4 Å². The van der Waals surface area contributed by atoms with Crippen LogP contribution in [0.2, 0.25) is 0 Å². The van der Waals surface area contributed by atoms with Crippen LogP contribution in [0.5, 0.6) is 0 Å². The summed E-state index contributed by atoms with van der Waals surface area (Å²) in [6, 6.07) is 16.7. The Morgan fingerprint density at radius 1 is 1.03 bits per heavy atom. The summed E-state index contributed by atoms with van der Waals surface area (Å²) in [5.74, 6) is 0.360. The third-order valence-electron chi connectivity index (χ3n) is 6.49. The van der Waals surface area contributed by atoms with Crippen LogP contribution in [0.1, 0.15) is 48.9 Å². The maximum atomic E-state index is 13.3. The molecule has 1 saturated heterocycles. The second kappa shape index (κ2) is 10.2. The minimum Gasteiger partial charge on any atom is -0.353 e. The highest BCUT2D eigenvalue weighted by molar-refractivity contribution is 5.83. The van der Waals surface area contributed by atoms with Gasteiger partial charge in [-0.05, 0) is 57.2 Å². The Balaban J connectivity index is 1.82. The number of benzene rings is 2. The number of nitrogens with one attached hydrogen (secondary N) is 1. The number of carbonyl (C=O) groups is 2. The van der Waals surface area contributed by atoms with Crippen molar-refractivity contribution in [2.24, 2.45) is 5.92 Å². The predicted molar refractivity (Wildman–Crippen MR) is 126 cm³/mol. The topological polar surface area (TPSA) is 46.2 Å². The molecule has 31 heavy (non-hydrogen) atoms. The Labute approximate surface area is 187 Å². The molecule has 0 spiro atoms. The maximum absolute atomic E-state index is 13.3. The number of likely N-dealkylation sites (tertiary alicyclic amines) is 1. The molecule has 0 radical (unpaired) electrons. The van der Waals surface area contributed by atoms with Gasteiger partial charge < -0.3 is 9.80 Å². The number of hydrogen-bond donors (Lipinski definition) is 1. The molecule has 0 saturated carbocycles. The van der Waals surface area contributed by atoms with Gasteiger partial charge in [-0.3, -0.25) is 9.59 Å². The number of rotatable bonds is 8. The number of piperidine rings is 1. The van der Waals surface area contributed by atoms with Crippen LogP contribution in [-0.4, -0.2) is 41.8 Å². The van der Waals surface area contributed by atoms with E-state index in [1.807, 2.05) is 26.0 Å². The van der Waals surface area contributed by atoms with E-state index < -0.39 is 0 Å². The zero-order chi connectivity index (χ0) is 22.4. The lowest BCUT2D eigenvalue weighted by atomic mass is 9.92. The molecule has 1 aliphatic rings. The average molecular weight is 422 g/mol. The lowest BCUT2D eigenvalue weighted by molar-refractivity contribution is -0.940. The van der Waals surface area contributed by atoms with Gasteiger partial charge in [-0.25, -0.2) is 0 Å². The number of amides is 1. The van der Waals surface area contributed by atoms with E-state index >= 15 is 0 Å². The van der Waals surface area contributed by atoms with Gasteiger partial charge in [-0.1, -0.05) is 48.5 Å². The Morgan fingerprint density at radius 3 is 2.35 bits per heavy atom. The van der Waals surface area contributed by atoms with Crippen molar-refractivity contribution in [1.29, 1.82) is 0 Å². The first-order valence-electron chi connectivity index (χ1n) is 11.5. The van der Waals surface area contributed by atoms with Crippen LogP contribution in [0.4, 0.5) is 0 Å². The molecular weight excluding hydrogens is 384 g/mol. The Bertz CT molecular complexity index is 886. The Kier molecular flexibility index (Phi) is 7.66. The number of ketones is 1. The first kappa shape index (κ1) is 23.2. The molecular formula is C27H37N2O2+. The third kappa shape index (κ3) is 6.27. The molecule has 0 aliphatic carbocycles. The summed E-state index contributed by atoms with van der Waals surface area (Å²) >= 11 is 0. The van der Waals surface area contributed by atoms with Crippen molar-refractivity contribution in [1.82, 2.24) is 5.32 Å². The SMILES string of the molecule is Cc1cccc(C)c1CC(=O)C[N+]1(Cc2ccccc2)CCCC(C(=O)NC(C)C)C1. The summed E-state index contributed by atoms with van der Waals surface area (Å²) in [7, 11) is 0. The van der Waals surface area contributed by atoms with Crippen molar-refractivity contribution in [3.8, 4) is 0 Å². The molecule has 1 fully saturated rings. The van der Waals surface area contributed by atoms with Crippen molar-refractivity contribution in [3.63, 3.8) is 0 Å². The second-order valence-electron chi connectivity index (χ2n) is 9.64. The first-order valence-corrected chi connectivity index (χ1v) is 11.5. The van der Waals surface area contributed by atoms with E-state index in [1.54, 1.807) is 0 Å². The largest absolute Gasteiger partial charge is 0.353 e. The van der Waals surface area contributed by atoms with Gasteiger partial charge in [0, 0.05) is 18.0 Å². The second-order valence-corrected chi connectivity index (χ2v) is 9.64. The fraction of sp³-hybridized carbons (Fsp3) is 0.481. The fourth-order valence-corrected chi connectivity index (χ4v) is 5.01. The van der Waals surface area contributed by atoms with Crippen molar-refractivity contribution in [2.75, 3.05) is 19.6 Å². The van der Waals surface area contributed by atoms with Crippen molar-refractivity contribution < 1.29 is 14.1 Å². The van der Waals surface area contributed by atoms with Crippen LogP contribution in [0.3, 0.4) is 0 Å². The van der Waals surface area contributed by atoms with Gasteiger partial charge in [0.2, 0.25) is 5.91 Å². The van der Waals surface area contributed by atoms with Crippen molar-refractivity contribution in [3.05, 3.63) is 70.8 Å². The van der Waals surface area contributed by atoms with E-state index in [4.69, 9.17) is 0 Å². The van der Waals surface area contributed by atoms with Crippen molar-refractivity contribution in [2.45, 2.75) is 59.5 Å². The lowest BCUT2D eigenvalue weighted by Gasteiger charge is -2.44. The number of carbonyl (C=O) groups excluding carboxylic acids is 2. The zero-order valence-corrected chi connectivity index (χ0v) is 19.5. The highest BCUT2D eigenvalue weighted by Crippen LogP contribution is 2.28. The minimum atomic E-state index is -0.0344. The van der Waals surface area contributed by atoms with E-state index in [2.05, 4.69) is 55.6 Å². The number of aryl methyl sites for hydroxylation is 2. The number of Topliss-reactive ketones (excluding diaryl/α,β-unsaturated/α-hetero) is 1. The first-order chi connectivity index (χ1) is 14.8. The normalized spacial score (nSPS) is 21.1. The molecule has 1 amide bonds. The van der Waals surface area contributed by atoms with Gasteiger partial charge in [0.15, 0.2) is 5.78 Å². The molecule has 2 aromatic carbocycles. The van der Waals surface area contributed by atoms with Crippen LogP contribution >= 0.6 is 0 Å². The molecule has 2 atom stereocenters. The highest BCUT2D eigenvalue weighted by atomic mass is 16.2. The van der Waals surface area contributed by atoms with Crippen LogP contribution in [0, 0.1) is 19.8 Å². The fourth-order valence-electron chi connectivity index (χ4n) is 5.01. The standard InChI is InChI=1S/C27H36N2O2/c1-20(2)28-27(31)24-14-9-15-29(18-24,17-23-12-6-5-7-13-23)19-25(30)16-26-21(3)10-8-11-22(26)4/h5-8,10-13,20,24H,9,14-19H2,1-4H3/p+1. The molecule has 1 heterocycles. The summed E-state index contributed by atoms with van der Waals surface area (Å²) in [5, 5.41) is 3.09. The van der Waals surface area contributed by atoms with Crippen molar-refractivity contribution >= 4 is 11.7 Å². The van der Waals surface area contributed by atoms with Gasteiger partial charge in [0.05, 0.1) is 19.0 Å². The number of nitrogens with zero attached hydrogens (tertiary/aromatic N) is 1. The van der Waals surface area contributed by atoms with Crippen LogP contribution < -0.4 is 5.32 Å². The van der Waals surface area contributed by atoms with Gasteiger partial charge >= 0.3 is 0 Å². The van der Waals surface area contributed by atoms with E-state index in [1.165, 1.54) is 16.7 Å². The monoisotopic (exact) mass is 421 g/mol. The molecule has 4 nitrogen and oxygen atoms in total. The Hall–Kier alpha value is -2.46. The maximum Gasteiger partial charge on any atom is 0.229 e. The van der Waals surface area contributed by atoms with E-state index in [-0.39, 0.29) is 23.7 Å². The zero-order valence-electron chi connectivity index (χ0n) is 19.5. The lowest BCUT2D eigenvalue weighted by Crippen LogP contribution is -2.58. The summed E-state index contributed by atoms with van der Waals surface area (Å²) in [6.45, 7) is 11.1. The number of hydrogen-bond acceptors (Lipinski definition) is 2. The molecule has 2 aromatic rings. The van der Waals surface area contributed by atoms with Crippen LogP contribution in [0.15, 0.2) is 48.5 Å². The van der Waals surface area contributed by atoms with E-state index in [9.17, 15) is 9.59 Å². The van der Waals surface area contributed by atoms with Gasteiger partial charge in [-0.15, -0.1) is 0 Å². The number of quaternary nitrogens is 1.